The summed E-state index contributed by atoms with van der Waals surface area (Å²) < 4.78 is 0. The molecular weight excluding hydrogens is 288 g/mol. The van der Waals surface area contributed by atoms with E-state index in [1.54, 1.807) is 6.20 Å². The second-order valence-electron chi connectivity index (χ2n) is 5.24. The predicted molar refractivity (Wildman–Crippen MR) is 87.6 cm³/mol. The normalized spacial score (nSPS) is 11.2. The van der Waals surface area contributed by atoms with Crippen LogP contribution in [0, 0.1) is 0 Å². The molecule has 0 bridgehead atoms. The molecule has 0 unspecified atom stereocenters. The second kappa shape index (κ2) is 7.43. The van der Waals surface area contributed by atoms with Crippen molar-refractivity contribution in [1.29, 1.82) is 0 Å². The zero-order valence-corrected chi connectivity index (χ0v) is 13.3. The van der Waals surface area contributed by atoms with E-state index in [1.165, 1.54) is 0 Å². The first-order chi connectivity index (χ1) is 9.58. The molecule has 0 aliphatic heterocycles. The molecule has 2 heterocycles. The highest BCUT2D eigenvalue weighted by atomic mass is 35.5. The van der Waals surface area contributed by atoms with E-state index in [2.05, 4.69) is 15.3 Å². The van der Waals surface area contributed by atoms with Crippen molar-refractivity contribution >= 4 is 29.3 Å². The summed E-state index contributed by atoms with van der Waals surface area (Å²) in [6, 6.07) is 3.84. The number of pyridine rings is 1. The second-order valence-corrected chi connectivity index (χ2v) is 5.24. The van der Waals surface area contributed by atoms with Crippen molar-refractivity contribution in [3.63, 3.8) is 0 Å². The lowest BCUT2D eigenvalue weighted by atomic mass is 9.94. The Morgan fingerprint density at radius 1 is 1.43 bits per heavy atom. The van der Waals surface area contributed by atoms with Crippen molar-refractivity contribution < 1.29 is 4.79 Å². The zero-order valence-electron chi connectivity index (χ0n) is 12.5. The van der Waals surface area contributed by atoms with Crippen LogP contribution in [0.3, 0.4) is 0 Å². The molecule has 0 radical (unpaired) electrons. The van der Waals surface area contributed by atoms with E-state index in [0.29, 0.717) is 13.0 Å². The maximum atomic E-state index is 12.0. The minimum atomic E-state index is -0.308. The Morgan fingerprint density at radius 3 is 2.81 bits per heavy atom. The molecule has 0 fully saturated rings. The van der Waals surface area contributed by atoms with E-state index in [4.69, 9.17) is 5.73 Å². The van der Waals surface area contributed by atoms with Gasteiger partial charge >= 0.3 is 0 Å². The molecule has 0 saturated carbocycles. The van der Waals surface area contributed by atoms with Crippen LogP contribution in [0.25, 0.3) is 11.0 Å². The van der Waals surface area contributed by atoms with Gasteiger partial charge in [0.2, 0.25) is 5.91 Å². The van der Waals surface area contributed by atoms with Gasteiger partial charge in [-0.05, 0) is 30.5 Å². The standard InChI is InChI=1S/C15H22N4O.ClH/c1-3-15(16,4-2)10-19-13(20)8-11-9-18-14-12(11)6-5-7-17-14;/h5-7,9H,3-4,8,10,16H2,1-2H3,(H,17,18)(H,19,20);1H. The number of amides is 1. The van der Waals surface area contributed by atoms with Crippen molar-refractivity contribution in [2.75, 3.05) is 6.54 Å². The summed E-state index contributed by atoms with van der Waals surface area (Å²) in [7, 11) is 0. The molecular formula is C15H23ClN4O. The van der Waals surface area contributed by atoms with Gasteiger partial charge in [0, 0.05) is 29.9 Å². The number of halogens is 1. The van der Waals surface area contributed by atoms with E-state index in [0.717, 1.165) is 29.4 Å². The van der Waals surface area contributed by atoms with Crippen LogP contribution in [-0.4, -0.2) is 28.0 Å². The fraction of sp³-hybridized carbons (Fsp3) is 0.467. The minimum absolute atomic E-state index is 0. The molecule has 0 aliphatic carbocycles. The third-order valence-electron chi connectivity index (χ3n) is 3.93. The van der Waals surface area contributed by atoms with Gasteiger partial charge in [0.1, 0.15) is 5.65 Å². The molecule has 1 amide bonds. The lowest BCUT2D eigenvalue weighted by Crippen LogP contribution is -2.49. The maximum Gasteiger partial charge on any atom is 0.224 e. The topological polar surface area (TPSA) is 83.8 Å². The summed E-state index contributed by atoms with van der Waals surface area (Å²) in [6.45, 7) is 4.60. The quantitative estimate of drug-likeness (QED) is 0.764. The lowest BCUT2D eigenvalue weighted by molar-refractivity contribution is -0.120. The molecule has 116 valence electrons. The Bertz CT molecular complexity index is 592. The first kappa shape index (κ1) is 17.5. The van der Waals surface area contributed by atoms with Gasteiger partial charge in [-0.1, -0.05) is 13.8 Å². The Labute approximate surface area is 131 Å². The molecule has 2 aromatic heterocycles. The van der Waals surface area contributed by atoms with Gasteiger partial charge in [-0.3, -0.25) is 4.79 Å². The number of H-pyrrole nitrogens is 1. The molecule has 21 heavy (non-hydrogen) atoms. The molecule has 0 saturated heterocycles. The predicted octanol–water partition coefficient (Wildman–Crippen LogP) is 2.16. The molecule has 5 nitrogen and oxygen atoms in total. The van der Waals surface area contributed by atoms with Crippen LogP contribution in [0.5, 0.6) is 0 Å². The number of nitrogens with zero attached hydrogens (tertiary/aromatic N) is 1. The van der Waals surface area contributed by atoms with Crippen molar-refractivity contribution in [2.24, 2.45) is 5.73 Å². The third-order valence-corrected chi connectivity index (χ3v) is 3.93. The maximum absolute atomic E-state index is 12.0. The first-order valence-corrected chi connectivity index (χ1v) is 7.04. The largest absolute Gasteiger partial charge is 0.354 e. The summed E-state index contributed by atoms with van der Waals surface area (Å²) in [4.78, 5) is 19.3. The van der Waals surface area contributed by atoms with E-state index >= 15 is 0 Å². The average molecular weight is 311 g/mol. The van der Waals surface area contributed by atoms with Gasteiger partial charge in [0.25, 0.3) is 0 Å². The highest BCUT2D eigenvalue weighted by Crippen LogP contribution is 2.16. The number of aromatic amines is 1. The number of nitrogens with one attached hydrogen (secondary N) is 2. The van der Waals surface area contributed by atoms with Gasteiger partial charge in [-0.2, -0.15) is 0 Å². The fourth-order valence-corrected chi connectivity index (χ4v) is 2.17. The third kappa shape index (κ3) is 4.19. The molecule has 0 aromatic carbocycles. The smallest absolute Gasteiger partial charge is 0.224 e. The van der Waals surface area contributed by atoms with Gasteiger partial charge in [0.05, 0.1) is 6.42 Å². The van der Waals surface area contributed by atoms with Gasteiger partial charge in [-0.25, -0.2) is 4.98 Å². The van der Waals surface area contributed by atoms with E-state index in [-0.39, 0.29) is 23.9 Å². The number of carbonyl (C=O) groups excluding carboxylic acids is 1. The van der Waals surface area contributed by atoms with Crippen molar-refractivity contribution in [2.45, 2.75) is 38.6 Å². The number of hydrogen-bond donors (Lipinski definition) is 3. The molecule has 4 N–H and O–H groups in total. The molecule has 6 heteroatoms. The Balaban J connectivity index is 0.00000220. The van der Waals surface area contributed by atoms with Crippen molar-refractivity contribution in [3.05, 3.63) is 30.1 Å². The van der Waals surface area contributed by atoms with Crippen LogP contribution in [0.4, 0.5) is 0 Å². The Morgan fingerprint density at radius 2 is 2.14 bits per heavy atom. The number of rotatable bonds is 6. The molecule has 0 atom stereocenters. The number of nitrogens with two attached hydrogens (primary N) is 1. The van der Waals surface area contributed by atoms with Crippen LogP contribution in [0.1, 0.15) is 32.3 Å². The molecule has 0 spiro atoms. The number of hydrogen-bond acceptors (Lipinski definition) is 3. The number of carbonyl (C=O) groups is 1. The molecule has 2 rings (SSSR count). The zero-order chi connectivity index (χ0) is 14.6. The number of aromatic nitrogens is 2. The SMILES string of the molecule is CCC(N)(CC)CNC(=O)Cc1c[nH]c2ncccc12.Cl. The minimum Gasteiger partial charge on any atom is -0.354 e. The van der Waals surface area contributed by atoms with Crippen LogP contribution in [-0.2, 0) is 11.2 Å². The van der Waals surface area contributed by atoms with E-state index < -0.39 is 0 Å². The fourth-order valence-electron chi connectivity index (χ4n) is 2.17. The Hall–Kier alpha value is -1.59. The summed E-state index contributed by atoms with van der Waals surface area (Å²) in [5.74, 6) is -0.00789. The lowest BCUT2D eigenvalue weighted by Gasteiger charge is -2.26. The molecule has 0 aliphatic rings. The van der Waals surface area contributed by atoms with Crippen molar-refractivity contribution in [3.8, 4) is 0 Å². The summed E-state index contributed by atoms with van der Waals surface area (Å²) in [5, 5.41) is 3.92. The first-order valence-electron chi connectivity index (χ1n) is 7.04. The van der Waals surface area contributed by atoms with E-state index in [1.807, 2.05) is 32.2 Å². The highest BCUT2D eigenvalue weighted by Gasteiger charge is 2.21. The van der Waals surface area contributed by atoms with Crippen LogP contribution in [0.15, 0.2) is 24.5 Å². The van der Waals surface area contributed by atoms with Gasteiger partial charge in [-0.15, -0.1) is 12.4 Å². The van der Waals surface area contributed by atoms with Gasteiger partial charge < -0.3 is 16.0 Å². The average Bonchev–Trinajstić information content (AvgIpc) is 2.88. The van der Waals surface area contributed by atoms with Crippen LogP contribution in [0.2, 0.25) is 0 Å². The van der Waals surface area contributed by atoms with Crippen molar-refractivity contribution in [1.82, 2.24) is 15.3 Å². The summed E-state index contributed by atoms with van der Waals surface area (Å²) >= 11 is 0. The number of fused-ring (bicyclic) bond motifs is 1. The summed E-state index contributed by atoms with van der Waals surface area (Å²) in [6.07, 6.45) is 5.61. The monoisotopic (exact) mass is 310 g/mol. The van der Waals surface area contributed by atoms with Crippen LogP contribution < -0.4 is 11.1 Å². The van der Waals surface area contributed by atoms with Crippen LogP contribution >= 0.6 is 12.4 Å². The molecule has 2 aromatic rings. The summed E-state index contributed by atoms with van der Waals surface area (Å²) in [5.41, 5.74) is 7.64. The van der Waals surface area contributed by atoms with Gasteiger partial charge in [0.15, 0.2) is 0 Å². The van der Waals surface area contributed by atoms with E-state index in [9.17, 15) is 4.79 Å². The highest BCUT2D eigenvalue weighted by molar-refractivity contribution is 5.87. The Kier molecular flexibility index (Phi) is 6.18.